The molecule has 1 aromatic carbocycles. The molecule has 0 unspecified atom stereocenters. The number of ether oxygens (including phenoxy) is 1. The number of anilines is 1. The Morgan fingerprint density at radius 1 is 1.13 bits per heavy atom. The Bertz CT molecular complexity index is 534. The van der Waals surface area contributed by atoms with Crippen LogP contribution in [0.4, 0.5) is 14.5 Å². The smallest absolute Gasteiger partial charge is 0.387 e. The molecular formula is C15H19F2N3O2S. The van der Waals surface area contributed by atoms with Gasteiger partial charge < -0.3 is 10.1 Å². The second kappa shape index (κ2) is 8.61. The summed E-state index contributed by atoms with van der Waals surface area (Å²) in [6.07, 6.45) is 5.14. The zero-order valence-corrected chi connectivity index (χ0v) is 13.3. The lowest BCUT2D eigenvalue weighted by Crippen LogP contribution is -2.46. The highest BCUT2D eigenvalue weighted by Crippen LogP contribution is 2.23. The van der Waals surface area contributed by atoms with Gasteiger partial charge in [0.15, 0.2) is 5.11 Å². The monoisotopic (exact) mass is 343 g/mol. The molecule has 1 amide bonds. The first-order valence-electron chi connectivity index (χ1n) is 7.46. The predicted octanol–water partition coefficient (Wildman–Crippen LogP) is 3.19. The molecule has 8 heteroatoms. The van der Waals surface area contributed by atoms with E-state index in [0.29, 0.717) is 5.69 Å². The lowest BCUT2D eigenvalue weighted by molar-refractivity contribution is -0.126. The van der Waals surface area contributed by atoms with E-state index < -0.39 is 6.61 Å². The standard InChI is InChI=1S/C15H19F2N3O2S/c16-14(17)22-12-8-6-11(7-9-12)18-15(23)20-19-13(21)10-4-2-1-3-5-10/h6-10,14H,1-5H2,(H,19,21)(H2,18,20,23). The number of carbonyl (C=O) groups excluding carboxylic acids is 1. The van der Waals surface area contributed by atoms with Gasteiger partial charge >= 0.3 is 6.61 Å². The maximum Gasteiger partial charge on any atom is 0.387 e. The lowest BCUT2D eigenvalue weighted by Gasteiger charge is -2.21. The van der Waals surface area contributed by atoms with Gasteiger partial charge in [0.25, 0.3) is 0 Å². The number of benzene rings is 1. The fourth-order valence-electron chi connectivity index (χ4n) is 2.47. The van der Waals surface area contributed by atoms with Gasteiger partial charge in [0, 0.05) is 11.6 Å². The van der Waals surface area contributed by atoms with E-state index >= 15 is 0 Å². The summed E-state index contributed by atoms with van der Waals surface area (Å²) in [4.78, 5) is 12.0. The molecule has 126 valence electrons. The molecule has 1 fully saturated rings. The van der Waals surface area contributed by atoms with E-state index in [1.807, 2.05) is 0 Å². The maximum atomic E-state index is 12.1. The van der Waals surface area contributed by atoms with Gasteiger partial charge in [-0.2, -0.15) is 8.78 Å². The normalized spacial score (nSPS) is 15.1. The number of amides is 1. The molecule has 0 spiro atoms. The van der Waals surface area contributed by atoms with Crippen molar-refractivity contribution >= 4 is 28.9 Å². The Kier molecular flexibility index (Phi) is 6.52. The minimum atomic E-state index is -2.86. The third-order valence-corrected chi connectivity index (χ3v) is 3.82. The molecule has 0 heterocycles. The Morgan fingerprint density at radius 2 is 1.78 bits per heavy atom. The molecule has 1 saturated carbocycles. The molecule has 1 aromatic rings. The number of thiocarbonyl (C=S) groups is 1. The number of hydrazine groups is 1. The van der Waals surface area contributed by atoms with Crippen LogP contribution in [0.15, 0.2) is 24.3 Å². The first-order valence-corrected chi connectivity index (χ1v) is 7.87. The van der Waals surface area contributed by atoms with E-state index in [1.165, 1.54) is 18.6 Å². The van der Waals surface area contributed by atoms with E-state index in [9.17, 15) is 13.6 Å². The summed E-state index contributed by atoms with van der Waals surface area (Å²) in [5.41, 5.74) is 5.83. The van der Waals surface area contributed by atoms with Crippen LogP contribution >= 0.6 is 12.2 Å². The van der Waals surface area contributed by atoms with Crippen LogP contribution in [-0.4, -0.2) is 17.6 Å². The molecule has 1 aliphatic carbocycles. The van der Waals surface area contributed by atoms with Crippen molar-refractivity contribution in [1.82, 2.24) is 10.9 Å². The molecule has 5 nitrogen and oxygen atoms in total. The maximum absolute atomic E-state index is 12.1. The van der Waals surface area contributed by atoms with Crippen molar-refractivity contribution in [3.8, 4) is 5.75 Å². The van der Waals surface area contributed by atoms with Crippen LogP contribution < -0.4 is 20.9 Å². The molecule has 0 atom stereocenters. The van der Waals surface area contributed by atoms with Crippen LogP contribution in [-0.2, 0) is 4.79 Å². The van der Waals surface area contributed by atoms with Crippen molar-refractivity contribution in [2.75, 3.05) is 5.32 Å². The van der Waals surface area contributed by atoms with Crippen LogP contribution in [0.5, 0.6) is 5.75 Å². The van der Waals surface area contributed by atoms with Crippen molar-refractivity contribution < 1.29 is 18.3 Å². The largest absolute Gasteiger partial charge is 0.435 e. The SMILES string of the molecule is O=C(NNC(=S)Nc1ccc(OC(F)F)cc1)C1CCCCC1. The first kappa shape index (κ1) is 17.4. The Labute approximate surface area is 138 Å². The molecule has 2 rings (SSSR count). The van der Waals surface area contributed by atoms with Crippen LogP contribution in [0, 0.1) is 5.92 Å². The summed E-state index contributed by atoms with van der Waals surface area (Å²) in [5.74, 6) is 0.0365. The van der Waals surface area contributed by atoms with Gasteiger partial charge in [-0.05, 0) is 49.3 Å². The number of hydrogen-bond acceptors (Lipinski definition) is 3. The second-order valence-corrected chi connectivity index (χ2v) is 5.71. The predicted molar refractivity (Wildman–Crippen MR) is 87.1 cm³/mol. The number of carbonyl (C=O) groups is 1. The Morgan fingerprint density at radius 3 is 2.39 bits per heavy atom. The summed E-state index contributed by atoms with van der Waals surface area (Å²) in [7, 11) is 0. The molecule has 23 heavy (non-hydrogen) atoms. The van der Waals surface area contributed by atoms with Crippen molar-refractivity contribution in [2.45, 2.75) is 38.7 Å². The van der Waals surface area contributed by atoms with Gasteiger partial charge in [-0.25, -0.2) is 0 Å². The van der Waals surface area contributed by atoms with E-state index in [0.717, 1.165) is 25.7 Å². The van der Waals surface area contributed by atoms with Crippen molar-refractivity contribution in [1.29, 1.82) is 0 Å². The van der Waals surface area contributed by atoms with Gasteiger partial charge in [0.1, 0.15) is 5.75 Å². The molecule has 1 aliphatic rings. The van der Waals surface area contributed by atoms with Crippen LogP contribution in [0.25, 0.3) is 0 Å². The van der Waals surface area contributed by atoms with E-state index in [2.05, 4.69) is 20.9 Å². The third-order valence-electron chi connectivity index (χ3n) is 3.61. The molecular weight excluding hydrogens is 324 g/mol. The molecule has 0 saturated heterocycles. The average molecular weight is 343 g/mol. The zero-order chi connectivity index (χ0) is 16.7. The van der Waals surface area contributed by atoms with E-state index in [4.69, 9.17) is 12.2 Å². The van der Waals surface area contributed by atoms with Crippen molar-refractivity contribution in [2.24, 2.45) is 5.92 Å². The topological polar surface area (TPSA) is 62.4 Å². The Hall–Kier alpha value is -1.96. The molecule has 0 aromatic heterocycles. The van der Waals surface area contributed by atoms with Crippen LogP contribution in [0.3, 0.4) is 0 Å². The van der Waals surface area contributed by atoms with Gasteiger partial charge in [-0.3, -0.25) is 15.6 Å². The minimum Gasteiger partial charge on any atom is -0.435 e. The number of rotatable bonds is 4. The number of halogens is 2. The summed E-state index contributed by atoms with van der Waals surface area (Å²) in [6.45, 7) is -2.86. The summed E-state index contributed by atoms with van der Waals surface area (Å²) < 4.78 is 28.4. The minimum absolute atomic E-state index is 0.0322. The summed E-state index contributed by atoms with van der Waals surface area (Å²) in [6, 6.07) is 5.90. The van der Waals surface area contributed by atoms with Crippen LogP contribution in [0.2, 0.25) is 0 Å². The quantitative estimate of drug-likeness (QED) is 0.579. The molecule has 0 aliphatic heterocycles. The highest BCUT2D eigenvalue weighted by Gasteiger charge is 2.20. The van der Waals surface area contributed by atoms with Crippen LogP contribution in [0.1, 0.15) is 32.1 Å². The summed E-state index contributed by atoms with van der Waals surface area (Å²) >= 11 is 5.07. The Balaban J connectivity index is 1.74. The van der Waals surface area contributed by atoms with Gasteiger partial charge in [0.05, 0.1) is 0 Å². The van der Waals surface area contributed by atoms with E-state index in [1.54, 1.807) is 12.1 Å². The van der Waals surface area contributed by atoms with Gasteiger partial charge in [0.2, 0.25) is 5.91 Å². The summed E-state index contributed by atoms with van der Waals surface area (Å²) in [5, 5.41) is 3.06. The number of hydrogen-bond donors (Lipinski definition) is 3. The fraction of sp³-hybridized carbons (Fsp3) is 0.467. The van der Waals surface area contributed by atoms with Gasteiger partial charge in [-0.1, -0.05) is 19.3 Å². The fourth-order valence-corrected chi connectivity index (χ4v) is 2.64. The third kappa shape index (κ3) is 5.97. The number of nitrogens with one attached hydrogen (secondary N) is 3. The van der Waals surface area contributed by atoms with Crippen molar-refractivity contribution in [3.63, 3.8) is 0 Å². The van der Waals surface area contributed by atoms with E-state index in [-0.39, 0.29) is 22.7 Å². The molecule has 3 N–H and O–H groups in total. The molecule has 0 radical (unpaired) electrons. The average Bonchev–Trinajstić information content (AvgIpc) is 2.55. The first-order chi connectivity index (χ1) is 11.0. The lowest BCUT2D eigenvalue weighted by atomic mass is 9.89. The van der Waals surface area contributed by atoms with Gasteiger partial charge in [-0.15, -0.1) is 0 Å². The highest BCUT2D eigenvalue weighted by molar-refractivity contribution is 7.80. The molecule has 0 bridgehead atoms. The second-order valence-electron chi connectivity index (χ2n) is 5.31. The van der Waals surface area contributed by atoms with Crippen molar-refractivity contribution in [3.05, 3.63) is 24.3 Å². The highest BCUT2D eigenvalue weighted by atomic mass is 32.1. The number of alkyl halides is 2. The zero-order valence-electron chi connectivity index (χ0n) is 12.5.